The Bertz CT molecular complexity index is 704. The van der Waals surface area contributed by atoms with Gasteiger partial charge in [0.05, 0.1) is 6.61 Å². The summed E-state index contributed by atoms with van der Waals surface area (Å²) in [7, 11) is 0. The van der Waals surface area contributed by atoms with Gasteiger partial charge in [0.15, 0.2) is 0 Å². The number of benzene rings is 1. The molecule has 2 heterocycles. The maximum atomic E-state index is 9.40. The van der Waals surface area contributed by atoms with Crippen LogP contribution in [0, 0.1) is 0 Å². The quantitative estimate of drug-likeness (QED) is 0.804. The number of rotatable bonds is 3. The van der Waals surface area contributed by atoms with Crippen molar-refractivity contribution in [1.29, 1.82) is 0 Å². The van der Waals surface area contributed by atoms with Crippen LogP contribution < -0.4 is 0 Å². The minimum Gasteiger partial charge on any atom is -0.392 e. The predicted octanol–water partition coefficient (Wildman–Crippen LogP) is 3.34. The second-order valence-electron chi connectivity index (χ2n) is 4.44. The van der Waals surface area contributed by atoms with Crippen molar-refractivity contribution < 1.29 is 5.11 Å². The Morgan fingerprint density at radius 3 is 2.68 bits per heavy atom. The highest BCUT2D eigenvalue weighted by Crippen LogP contribution is 2.21. The van der Waals surface area contributed by atoms with Gasteiger partial charge in [0, 0.05) is 34.4 Å². The zero-order valence-corrected chi connectivity index (χ0v) is 11.8. The lowest BCUT2D eigenvalue weighted by atomic mass is 10.2. The van der Waals surface area contributed by atoms with E-state index in [0.29, 0.717) is 0 Å². The summed E-state index contributed by atoms with van der Waals surface area (Å²) in [5.74, 6) is 0. The van der Waals surface area contributed by atoms with Gasteiger partial charge < -0.3 is 9.67 Å². The molecule has 96 valence electrons. The van der Waals surface area contributed by atoms with Crippen molar-refractivity contribution in [2.24, 2.45) is 0 Å². The van der Waals surface area contributed by atoms with Crippen LogP contribution in [0.15, 0.2) is 53.3 Å². The van der Waals surface area contributed by atoms with Crippen molar-refractivity contribution in [1.82, 2.24) is 9.55 Å². The number of hydrogen-bond donors (Lipinski definition) is 1. The number of aliphatic hydroxyl groups is 1. The topological polar surface area (TPSA) is 38.0 Å². The molecule has 0 aliphatic rings. The van der Waals surface area contributed by atoms with E-state index >= 15 is 0 Å². The largest absolute Gasteiger partial charge is 0.392 e. The molecule has 1 N–H and O–H groups in total. The SMILES string of the molecule is OCc1cn(Cc2ccc(Br)cc2)c2ncccc12. The molecule has 3 nitrogen and oxygen atoms in total. The third kappa shape index (κ3) is 2.41. The zero-order valence-electron chi connectivity index (χ0n) is 10.3. The maximum Gasteiger partial charge on any atom is 0.140 e. The first-order chi connectivity index (χ1) is 9.28. The fourth-order valence-corrected chi connectivity index (χ4v) is 2.49. The van der Waals surface area contributed by atoms with E-state index in [2.05, 4.69) is 37.6 Å². The number of nitrogens with zero attached hydrogens (tertiary/aromatic N) is 2. The smallest absolute Gasteiger partial charge is 0.140 e. The van der Waals surface area contributed by atoms with E-state index < -0.39 is 0 Å². The van der Waals surface area contributed by atoms with E-state index in [0.717, 1.165) is 27.6 Å². The summed E-state index contributed by atoms with van der Waals surface area (Å²) in [5.41, 5.74) is 3.03. The fourth-order valence-electron chi connectivity index (χ4n) is 2.23. The van der Waals surface area contributed by atoms with E-state index in [4.69, 9.17) is 0 Å². The Hall–Kier alpha value is -1.65. The Labute approximate surface area is 119 Å². The molecule has 2 aromatic heterocycles. The molecule has 4 heteroatoms. The van der Waals surface area contributed by atoms with Crippen molar-refractivity contribution in [3.63, 3.8) is 0 Å². The maximum absolute atomic E-state index is 9.40. The highest BCUT2D eigenvalue weighted by atomic mass is 79.9. The van der Waals surface area contributed by atoms with E-state index in [9.17, 15) is 5.11 Å². The minimum absolute atomic E-state index is 0.0372. The van der Waals surface area contributed by atoms with Gasteiger partial charge in [0.25, 0.3) is 0 Å². The second-order valence-corrected chi connectivity index (χ2v) is 5.36. The lowest BCUT2D eigenvalue weighted by Crippen LogP contribution is -1.98. The van der Waals surface area contributed by atoms with E-state index in [1.54, 1.807) is 6.20 Å². The highest BCUT2D eigenvalue weighted by Gasteiger charge is 2.08. The van der Waals surface area contributed by atoms with Crippen LogP contribution >= 0.6 is 15.9 Å². The van der Waals surface area contributed by atoms with Crippen LogP contribution in [0.1, 0.15) is 11.1 Å². The van der Waals surface area contributed by atoms with Crippen LogP contribution in [0.5, 0.6) is 0 Å². The molecule has 0 aliphatic heterocycles. The average Bonchev–Trinajstić information content (AvgIpc) is 2.80. The Kier molecular flexibility index (Phi) is 3.36. The molecule has 19 heavy (non-hydrogen) atoms. The molecule has 0 aliphatic carbocycles. The molecule has 0 bridgehead atoms. The van der Waals surface area contributed by atoms with Crippen LogP contribution in [0.3, 0.4) is 0 Å². The number of hydrogen-bond acceptors (Lipinski definition) is 2. The second kappa shape index (κ2) is 5.15. The number of halogens is 1. The van der Waals surface area contributed by atoms with Gasteiger partial charge in [0.1, 0.15) is 5.65 Å². The van der Waals surface area contributed by atoms with Gasteiger partial charge in [0.2, 0.25) is 0 Å². The summed E-state index contributed by atoms with van der Waals surface area (Å²) in [6.07, 6.45) is 3.75. The summed E-state index contributed by atoms with van der Waals surface area (Å²) in [5, 5.41) is 10.4. The molecule has 0 amide bonds. The highest BCUT2D eigenvalue weighted by molar-refractivity contribution is 9.10. The molecule has 3 aromatic rings. The first kappa shape index (κ1) is 12.4. The lowest BCUT2D eigenvalue weighted by molar-refractivity contribution is 0.283. The van der Waals surface area contributed by atoms with Crippen molar-refractivity contribution in [3.8, 4) is 0 Å². The molecule has 1 aromatic carbocycles. The van der Waals surface area contributed by atoms with E-state index in [1.165, 1.54) is 5.56 Å². The summed E-state index contributed by atoms with van der Waals surface area (Å²) < 4.78 is 3.15. The third-order valence-corrected chi connectivity index (χ3v) is 3.68. The summed E-state index contributed by atoms with van der Waals surface area (Å²) in [4.78, 5) is 4.41. The Morgan fingerprint density at radius 1 is 1.16 bits per heavy atom. The molecule has 0 atom stereocenters. The van der Waals surface area contributed by atoms with Gasteiger partial charge in [-0.05, 0) is 29.8 Å². The van der Waals surface area contributed by atoms with Crippen LogP contribution in [-0.2, 0) is 13.2 Å². The molecule has 3 rings (SSSR count). The molecule has 0 saturated carbocycles. The molecule has 0 unspecified atom stereocenters. The van der Waals surface area contributed by atoms with Crippen LogP contribution in [0.25, 0.3) is 11.0 Å². The molecule has 0 spiro atoms. The fraction of sp³-hybridized carbons (Fsp3) is 0.133. The Morgan fingerprint density at radius 2 is 1.95 bits per heavy atom. The number of pyridine rings is 1. The Balaban J connectivity index is 2.03. The van der Waals surface area contributed by atoms with Crippen LogP contribution in [-0.4, -0.2) is 14.7 Å². The molecule has 0 saturated heterocycles. The molecule has 0 radical (unpaired) electrons. The minimum atomic E-state index is 0.0372. The van der Waals surface area contributed by atoms with Gasteiger partial charge >= 0.3 is 0 Å². The molecular formula is C15H13BrN2O. The lowest BCUT2D eigenvalue weighted by Gasteiger charge is -2.04. The van der Waals surface area contributed by atoms with Gasteiger partial charge in [-0.15, -0.1) is 0 Å². The average molecular weight is 317 g/mol. The number of aromatic nitrogens is 2. The summed E-state index contributed by atoms with van der Waals surface area (Å²) in [6, 6.07) is 12.1. The normalized spacial score (nSPS) is 11.1. The van der Waals surface area contributed by atoms with Gasteiger partial charge in [-0.25, -0.2) is 4.98 Å². The van der Waals surface area contributed by atoms with Crippen LogP contribution in [0.2, 0.25) is 0 Å². The summed E-state index contributed by atoms with van der Waals surface area (Å²) >= 11 is 3.43. The third-order valence-electron chi connectivity index (χ3n) is 3.15. The van der Waals surface area contributed by atoms with Crippen molar-refractivity contribution in [3.05, 3.63) is 64.4 Å². The van der Waals surface area contributed by atoms with Crippen LogP contribution in [0.4, 0.5) is 0 Å². The standard InChI is InChI=1S/C15H13BrN2O/c16-13-5-3-11(4-6-13)8-18-9-12(10-19)14-2-1-7-17-15(14)18/h1-7,9,19H,8,10H2. The van der Waals surface area contributed by atoms with E-state index in [1.807, 2.05) is 30.5 Å². The number of aliphatic hydroxyl groups excluding tert-OH is 1. The first-order valence-electron chi connectivity index (χ1n) is 6.06. The predicted molar refractivity (Wildman–Crippen MR) is 78.9 cm³/mol. The number of fused-ring (bicyclic) bond motifs is 1. The summed E-state index contributed by atoms with van der Waals surface area (Å²) in [6.45, 7) is 0.788. The monoisotopic (exact) mass is 316 g/mol. The first-order valence-corrected chi connectivity index (χ1v) is 6.85. The van der Waals surface area contributed by atoms with E-state index in [-0.39, 0.29) is 6.61 Å². The van der Waals surface area contributed by atoms with Gasteiger partial charge in [-0.3, -0.25) is 0 Å². The van der Waals surface area contributed by atoms with Gasteiger partial charge in [-0.2, -0.15) is 0 Å². The molecular weight excluding hydrogens is 304 g/mol. The molecule has 0 fully saturated rings. The van der Waals surface area contributed by atoms with Crippen molar-refractivity contribution in [2.75, 3.05) is 0 Å². The van der Waals surface area contributed by atoms with Crippen molar-refractivity contribution >= 4 is 27.0 Å². The van der Waals surface area contributed by atoms with Gasteiger partial charge in [-0.1, -0.05) is 28.1 Å². The zero-order chi connectivity index (χ0) is 13.2. The van der Waals surface area contributed by atoms with Crippen molar-refractivity contribution in [2.45, 2.75) is 13.2 Å².